The predicted octanol–water partition coefficient (Wildman–Crippen LogP) is 4.61. The Morgan fingerprint density at radius 2 is 0.632 bits per heavy atom. The van der Waals surface area contributed by atoms with Crippen LogP contribution in [0, 0.1) is 0 Å². The zero-order chi connectivity index (χ0) is 67.3. The van der Waals surface area contributed by atoms with Crippen molar-refractivity contribution in [2.24, 2.45) is 0 Å². The van der Waals surface area contributed by atoms with Crippen molar-refractivity contribution in [3.63, 3.8) is 0 Å². The van der Waals surface area contributed by atoms with Gasteiger partial charge in [-0.25, -0.2) is 9.59 Å². The van der Waals surface area contributed by atoms with E-state index < -0.39 is 194 Å². The molecule has 526 valence electrons. The third-order valence-corrected chi connectivity index (χ3v) is 18.2. The first kappa shape index (κ1) is 68.0. The molecule has 1 amide bonds. The number of carboxylic acid groups (broad SMARTS) is 2. The molecule has 12 aliphatic rings. The summed E-state index contributed by atoms with van der Waals surface area (Å²) in [7, 11) is 0. The highest BCUT2D eigenvalue weighted by molar-refractivity contribution is 5.95. The maximum absolute atomic E-state index is 15.1. The number of nitrogens with one attached hydrogen (secondary N) is 1. The third-order valence-electron chi connectivity index (χ3n) is 18.2. The molecule has 0 bridgehead atoms. The van der Waals surface area contributed by atoms with Crippen LogP contribution in [0.4, 0.5) is 5.69 Å². The van der Waals surface area contributed by atoms with E-state index in [1.54, 1.807) is 71.9 Å². The molecule has 0 unspecified atom stereocenters. The van der Waals surface area contributed by atoms with Gasteiger partial charge in [0.1, 0.15) is 85.5 Å². The molecule has 12 heterocycles. The van der Waals surface area contributed by atoms with Gasteiger partial charge in [-0.1, -0.05) is 24.3 Å². The van der Waals surface area contributed by atoms with Gasteiger partial charge >= 0.3 is 11.9 Å². The molecular formula is C65H87NO29. The molecular weight excluding hydrogens is 1260 g/mol. The Balaban J connectivity index is 0.736. The first-order chi connectivity index (χ1) is 44.6. The molecule has 2 aromatic carbocycles. The minimum absolute atomic E-state index is 0.00560. The van der Waals surface area contributed by atoms with Gasteiger partial charge in [0, 0.05) is 5.69 Å². The van der Waals surface area contributed by atoms with Crippen LogP contribution in [-0.4, -0.2) is 217 Å². The highest BCUT2D eigenvalue weighted by Gasteiger charge is 2.63. The topological polar surface area (TPSA) is 325 Å². The van der Waals surface area contributed by atoms with Crippen LogP contribution in [0.15, 0.2) is 36.4 Å². The Bertz CT molecular complexity index is 3040. The van der Waals surface area contributed by atoms with Gasteiger partial charge in [0.15, 0.2) is 90.3 Å². The van der Waals surface area contributed by atoms with Gasteiger partial charge in [-0.2, -0.15) is 0 Å². The zero-order valence-electron chi connectivity index (χ0n) is 55.5. The third kappa shape index (κ3) is 14.2. The summed E-state index contributed by atoms with van der Waals surface area (Å²) < 4.78 is 150. The van der Waals surface area contributed by atoms with Gasteiger partial charge < -0.3 is 129 Å². The number of benzene rings is 2. The molecule has 0 spiro atoms. The lowest BCUT2D eigenvalue weighted by Crippen LogP contribution is -2.44. The van der Waals surface area contributed by atoms with Crippen LogP contribution in [0.2, 0.25) is 0 Å². The van der Waals surface area contributed by atoms with Crippen molar-refractivity contribution in [2.45, 2.75) is 306 Å². The summed E-state index contributed by atoms with van der Waals surface area (Å²) in [6.07, 6.45) is -19.5. The summed E-state index contributed by atoms with van der Waals surface area (Å²) >= 11 is 0. The van der Waals surface area contributed by atoms with Crippen LogP contribution < -0.4 is 5.32 Å². The molecule has 30 nitrogen and oxygen atoms in total. The van der Waals surface area contributed by atoms with E-state index in [2.05, 4.69) is 5.32 Å². The largest absolute Gasteiger partial charge is 0.479 e. The standard InChI is InChI=1S/C65H87NO29/c1-59(2)77-26-34(84-59)36-38(46-54(79-36)91-61(5,6)86-46)72-24-31-18-32(25-73-39-37(35-27-78-60(3,4)85-35)80-55-47(39)87-62(7,8)92-55)20-33(19-31)66-51(67)43-40(48-56(81-43)93-63(9,10)88-48)74-21-28-15-29(22-75-41-44(52(68)69)82-57-49(41)89-64(11,12)94-57)17-30(16-28)23-76-42-45(53(70)71)83-58-50(42)90-65(13,14)95-58/h15-20,34-50,54-58H,21-27H2,1-14H3,(H,66,67)(H,68,69)(H,70,71)/t34-,35-,36-,37-,38+,39+,40+,41+,42+,43+,44+,45+,46-,47-,48-,49-,50-,54-,55-,56-,57-,58-/m1/s1. The Morgan fingerprint density at radius 1 is 0.358 bits per heavy atom. The number of hydrogen-bond acceptors (Lipinski definition) is 27. The second-order valence-corrected chi connectivity index (χ2v) is 29.2. The van der Waals surface area contributed by atoms with Gasteiger partial charge in [-0.3, -0.25) is 4.79 Å². The molecule has 0 saturated carbocycles. The number of hydrogen-bond donors (Lipinski definition) is 3. The molecule has 2 aromatic rings. The molecule has 14 rings (SSSR count). The van der Waals surface area contributed by atoms with Crippen LogP contribution in [-0.2, 0) is 161 Å². The van der Waals surface area contributed by atoms with E-state index in [0.29, 0.717) is 33.5 Å². The van der Waals surface area contributed by atoms with Crippen molar-refractivity contribution in [2.75, 3.05) is 18.5 Å². The molecule has 0 radical (unpaired) electrons. The second-order valence-electron chi connectivity index (χ2n) is 29.2. The van der Waals surface area contributed by atoms with E-state index in [9.17, 15) is 19.8 Å². The van der Waals surface area contributed by atoms with Crippen LogP contribution in [0.5, 0.6) is 0 Å². The van der Waals surface area contributed by atoms with Crippen molar-refractivity contribution in [3.05, 3.63) is 64.2 Å². The molecule has 0 aromatic heterocycles. The molecule has 12 aliphatic heterocycles. The van der Waals surface area contributed by atoms with Crippen LogP contribution in [0.3, 0.4) is 0 Å². The predicted molar refractivity (Wildman–Crippen MR) is 313 cm³/mol. The SMILES string of the molecule is CC1(C)O[C@H]2O[C@H]([C@H]3COC(C)(C)O3)[C@H](OCc3cc(CO[C@@H]4[C@H]5OC(C)(C)O[C@H]5O[C@@H]4[C@H]4COC(C)(C)O4)cc(NC(=O)[C@H]4O[C@@H]5OC(C)(C)O[C@@H]5[C@H]4OCc4cc(CO[C@@H]5[C@H]6OC(C)(C)O[C@H]6O[C@@H]5C(=O)O)cc(CO[C@@H]5[C@H]6OC(C)(C)O[C@H]6O[C@@H]5C(=O)O)c4)c3)[C@H]2O1. The number of rotatable bonds is 21. The van der Waals surface area contributed by atoms with Crippen LogP contribution in [0.25, 0.3) is 0 Å². The van der Waals surface area contributed by atoms with E-state index >= 15 is 4.79 Å². The maximum Gasteiger partial charge on any atom is 0.335 e. The molecule has 30 heteroatoms. The molecule has 12 fully saturated rings. The average molecular weight is 1350 g/mol. The molecule has 3 N–H and O–H groups in total. The number of anilines is 1. The zero-order valence-corrected chi connectivity index (χ0v) is 55.5. The molecule has 12 saturated heterocycles. The Morgan fingerprint density at radius 3 is 0.937 bits per heavy atom. The first-order valence-electron chi connectivity index (χ1n) is 32.4. The fourth-order valence-corrected chi connectivity index (χ4v) is 14.6. The lowest BCUT2D eigenvalue weighted by Gasteiger charge is -2.29. The highest BCUT2D eigenvalue weighted by Crippen LogP contribution is 2.47. The van der Waals surface area contributed by atoms with Gasteiger partial charge in [0.25, 0.3) is 5.91 Å². The Labute approximate surface area is 548 Å². The number of carboxylic acids is 2. The summed E-state index contributed by atoms with van der Waals surface area (Å²) in [4.78, 5) is 40.2. The molecule has 0 aliphatic carbocycles. The summed E-state index contributed by atoms with van der Waals surface area (Å²) in [6, 6.07) is 10.8. The highest BCUT2D eigenvalue weighted by atomic mass is 16.9. The maximum atomic E-state index is 15.1. The van der Waals surface area contributed by atoms with Crippen molar-refractivity contribution >= 4 is 23.5 Å². The smallest absolute Gasteiger partial charge is 0.335 e. The van der Waals surface area contributed by atoms with E-state index in [-0.39, 0.29) is 46.2 Å². The van der Waals surface area contributed by atoms with Gasteiger partial charge in [-0.05, 0) is 137 Å². The number of aliphatic carboxylic acids is 2. The number of carbonyl (C=O) groups excluding carboxylic acids is 1. The minimum Gasteiger partial charge on any atom is -0.479 e. The summed E-state index contributed by atoms with van der Waals surface area (Å²) in [5.74, 6) is -10.1. The number of ether oxygens (including phenoxy) is 24. The normalized spacial score (nSPS) is 41.5. The Hall–Kier alpha value is -4.11. The van der Waals surface area contributed by atoms with E-state index in [1.165, 1.54) is 0 Å². The summed E-state index contributed by atoms with van der Waals surface area (Å²) in [5.41, 5.74) is 3.22. The number of carbonyl (C=O) groups is 3. The lowest BCUT2D eigenvalue weighted by molar-refractivity contribution is -0.236. The fraction of sp³-hybridized carbons (Fsp3) is 0.769. The quantitative estimate of drug-likeness (QED) is 0.154. The second kappa shape index (κ2) is 24.9. The van der Waals surface area contributed by atoms with Crippen molar-refractivity contribution in [1.82, 2.24) is 0 Å². The minimum atomic E-state index is -1.42. The average Bonchev–Trinajstić information content (AvgIpc) is 1.64. The van der Waals surface area contributed by atoms with Gasteiger partial charge in [-0.15, -0.1) is 0 Å². The van der Waals surface area contributed by atoms with Gasteiger partial charge in [0.2, 0.25) is 0 Å². The van der Waals surface area contributed by atoms with E-state index in [1.807, 2.05) is 61.5 Å². The van der Waals surface area contributed by atoms with E-state index in [0.717, 1.165) is 0 Å². The summed E-state index contributed by atoms with van der Waals surface area (Å²) in [5, 5.41) is 23.5. The molecule has 22 atom stereocenters. The first-order valence-corrected chi connectivity index (χ1v) is 32.4. The number of fused-ring (bicyclic) bond motifs is 5. The van der Waals surface area contributed by atoms with Crippen LogP contribution >= 0.6 is 0 Å². The van der Waals surface area contributed by atoms with Crippen molar-refractivity contribution < 1.29 is 138 Å². The lowest BCUT2D eigenvalue weighted by atomic mass is 10.0. The van der Waals surface area contributed by atoms with Crippen molar-refractivity contribution in [1.29, 1.82) is 0 Å². The summed E-state index contributed by atoms with van der Waals surface area (Å²) in [6.45, 7) is 24.8. The Kier molecular flexibility index (Phi) is 17.8. The van der Waals surface area contributed by atoms with Crippen LogP contribution in [0.1, 0.15) is 125 Å². The number of amides is 1. The van der Waals surface area contributed by atoms with Crippen molar-refractivity contribution in [3.8, 4) is 0 Å². The monoisotopic (exact) mass is 1350 g/mol. The van der Waals surface area contributed by atoms with E-state index in [4.69, 9.17) is 114 Å². The fourth-order valence-electron chi connectivity index (χ4n) is 14.6. The van der Waals surface area contributed by atoms with Gasteiger partial charge in [0.05, 0.1) is 46.2 Å². The molecule has 95 heavy (non-hydrogen) atoms.